The van der Waals surface area contributed by atoms with E-state index in [2.05, 4.69) is 5.32 Å². The summed E-state index contributed by atoms with van der Waals surface area (Å²) in [5.41, 5.74) is -1.73. The highest BCUT2D eigenvalue weighted by Crippen LogP contribution is 2.40. The number of carbonyl (C=O) groups is 1. The zero-order valence-corrected chi connectivity index (χ0v) is 14.4. The van der Waals surface area contributed by atoms with Gasteiger partial charge in [-0.15, -0.1) is 0 Å². The molecule has 0 saturated carbocycles. The van der Waals surface area contributed by atoms with E-state index in [1.807, 2.05) is 0 Å². The first-order valence-corrected chi connectivity index (χ1v) is 7.68. The molecule has 0 aromatic heterocycles. The van der Waals surface area contributed by atoms with E-state index in [0.29, 0.717) is 0 Å². The maximum absolute atomic E-state index is 14.0. The molecule has 1 amide bonds. The highest BCUT2D eigenvalue weighted by atomic mass is 35.5. The van der Waals surface area contributed by atoms with E-state index in [1.54, 1.807) is 6.07 Å². The number of nitrogens with zero attached hydrogens (tertiary/aromatic N) is 1. The first-order chi connectivity index (χ1) is 12.5. The molecule has 0 fully saturated rings. The molecule has 0 aliphatic carbocycles. The van der Waals surface area contributed by atoms with Crippen LogP contribution in [0, 0.1) is 23.0 Å². The van der Waals surface area contributed by atoms with E-state index < -0.39 is 47.2 Å². The number of anilines is 1. The molecule has 0 aliphatic heterocycles. The smallest absolute Gasteiger partial charge is 0.416 e. The number of halogens is 7. The third kappa shape index (κ3) is 4.99. The van der Waals surface area contributed by atoms with Crippen LogP contribution < -0.4 is 10.1 Å². The third-order valence-corrected chi connectivity index (χ3v) is 3.80. The summed E-state index contributed by atoms with van der Waals surface area (Å²) in [7, 11) is 0. The minimum atomic E-state index is -4.96. The molecular formula is C16H7Cl2F5N2O2. The first-order valence-electron chi connectivity index (χ1n) is 6.93. The molecular weight excluding hydrogens is 418 g/mol. The maximum atomic E-state index is 14.0. The molecule has 0 unspecified atom stereocenters. The molecule has 27 heavy (non-hydrogen) atoms. The Morgan fingerprint density at radius 2 is 1.67 bits per heavy atom. The van der Waals surface area contributed by atoms with Crippen molar-refractivity contribution in [1.29, 1.82) is 5.26 Å². The molecule has 0 aliphatic rings. The minimum Gasteiger partial charge on any atom is -0.449 e. The highest BCUT2D eigenvalue weighted by molar-refractivity contribution is 6.42. The Morgan fingerprint density at radius 3 is 2.19 bits per heavy atom. The van der Waals surface area contributed by atoms with Crippen molar-refractivity contribution in [3.05, 3.63) is 51.5 Å². The Kier molecular flexibility index (Phi) is 6.13. The maximum Gasteiger partial charge on any atom is 0.416 e. The topological polar surface area (TPSA) is 62.1 Å². The fraction of sp³-hybridized carbons (Fsp3) is 0.125. The number of nitrogens with one attached hydrogen (secondary N) is 1. The van der Waals surface area contributed by atoms with Gasteiger partial charge in [-0.25, -0.2) is 8.78 Å². The molecule has 0 heterocycles. The summed E-state index contributed by atoms with van der Waals surface area (Å²) >= 11 is 11.6. The van der Waals surface area contributed by atoms with Crippen LogP contribution in [0.2, 0.25) is 10.0 Å². The van der Waals surface area contributed by atoms with Crippen LogP contribution in [0.25, 0.3) is 0 Å². The molecule has 0 radical (unpaired) electrons. The Labute approximate surface area is 159 Å². The summed E-state index contributed by atoms with van der Waals surface area (Å²) < 4.78 is 70.7. The van der Waals surface area contributed by atoms with E-state index >= 15 is 0 Å². The average Bonchev–Trinajstić information content (AvgIpc) is 2.54. The second-order valence-corrected chi connectivity index (χ2v) is 5.83. The fourth-order valence-electron chi connectivity index (χ4n) is 1.91. The lowest BCUT2D eigenvalue weighted by atomic mass is 10.2. The molecule has 0 atom stereocenters. The number of hydrogen-bond acceptors (Lipinski definition) is 3. The first kappa shape index (κ1) is 20.7. The van der Waals surface area contributed by atoms with Crippen molar-refractivity contribution in [3.63, 3.8) is 0 Å². The van der Waals surface area contributed by atoms with E-state index in [0.717, 1.165) is 12.1 Å². The SMILES string of the molecule is N#CCC(=O)Nc1cc(Cl)c(Cl)cc1Oc1c(F)cc(C(F)(F)F)cc1F. The van der Waals surface area contributed by atoms with Crippen molar-refractivity contribution in [1.82, 2.24) is 0 Å². The number of rotatable bonds is 4. The van der Waals surface area contributed by atoms with Gasteiger partial charge in [0.05, 0.1) is 27.4 Å². The van der Waals surface area contributed by atoms with Crippen molar-refractivity contribution in [2.75, 3.05) is 5.32 Å². The largest absolute Gasteiger partial charge is 0.449 e. The van der Waals surface area contributed by atoms with Crippen LogP contribution >= 0.6 is 23.2 Å². The van der Waals surface area contributed by atoms with Gasteiger partial charge in [0.2, 0.25) is 5.91 Å². The molecule has 2 rings (SSSR count). The number of hydrogen-bond donors (Lipinski definition) is 1. The van der Waals surface area contributed by atoms with Gasteiger partial charge in [-0.2, -0.15) is 18.4 Å². The summed E-state index contributed by atoms with van der Waals surface area (Å²) in [6.07, 6.45) is -5.50. The van der Waals surface area contributed by atoms with E-state index in [-0.39, 0.29) is 27.9 Å². The van der Waals surface area contributed by atoms with Crippen LogP contribution in [0.5, 0.6) is 11.5 Å². The Bertz CT molecular complexity index is 919. The minimum absolute atomic E-state index is 0.0513. The van der Waals surface area contributed by atoms with Crippen LogP contribution in [0.4, 0.5) is 27.6 Å². The molecule has 2 aromatic carbocycles. The van der Waals surface area contributed by atoms with Gasteiger partial charge in [0.1, 0.15) is 6.42 Å². The lowest BCUT2D eigenvalue weighted by Gasteiger charge is -2.15. The Morgan fingerprint density at radius 1 is 1.11 bits per heavy atom. The molecule has 0 spiro atoms. The predicted octanol–water partition coefficient (Wildman–Crippen LogP) is 5.93. The van der Waals surface area contributed by atoms with E-state index in [1.165, 1.54) is 0 Å². The monoisotopic (exact) mass is 424 g/mol. The molecule has 1 N–H and O–H groups in total. The Hall–Kier alpha value is -2.57. The van der Waals surface area contributed by atoms with E-state index in [4.69, 9.17) is 33.2 Å². The summed E-state index contributed by atoms with van der Waals surface area (Å²) in [5.74, 6) is -5.56. The summed E-state index contributed by atoms with van der Waals surface area (Å²) in [6, 6.07) is 3.80. The summed E-state index contributed by atoms with van der Waals surface area (Å²) in [6.45, 7) is 0. The normalized spacial score (nSPS) is 11.0. The van der Waals surface area contributed by atoms with Crippen LogP contribution in [0.3, 0.4) is 0 Å². The van der Waals surface area contributed by atoms with Gasteiger partial charge in [0.25, 0.3) is 0 Å². The van der Waals surface area contributed by atoms with Gasteiger partial charge in [-0.3, -0.25) is 4.79 Å². The van der Waals surface area contributed by atoms with Gasteiger partial charge in [0.15, 0.2) is 23.1 Å². The lowest BCUT2D eigenvalue weighted by Crippen LogP contribution is -2.11. The van der Waals surface area contributed by atoms with Crippen LogP contribution in [0.15, 0.2) is 24.3 Å². The van der Waals surface area contributed by atoms with E-state index in [9.17, 15) is 26.7 Å². The molecule has 2 aromatic rings. The number of nitriles is 1. The predicted molar refractivity (Wildman–Crippen MR) is 86.8 cm³/mol. The Balaban J connectivity index is 2.47. The van der Waals surface area contributed by atoms with Crippen molar-refractivity contribution in [2.24, 2.45) is 0 Å². The number of alkyl halides is 3. The van der Waals surface area contributed by atoms with Gasteiger partial charge in [0, 0.05) is 6.07 Å². The molecule has 0 saturated heterocycles. The van der Waals surface area contributed by atoms with Gasteiger partial charge >= 0.3 is 6.18 Å². The summed E-state index contributed by atoms with van der Waals surface area (Å²) in [4.78, 5) is 11.6. The average molecular weight is 425 g/mol. The molecule has 11 heteroatoms. The number of carbonyl (C=O) groups excluding carboxylic acids is 1. The van der Waals surface area contributed by atoms with Gasteiger partial charge < -0.3 is 10.1 Å². The molecule has 142 valence electrons. The fourth-order valence-corrected chi connectivity index (χ4v) is 2.23. The zero-order chi connectivity index (χ0) is 20.4. The molecule has 4 nitrogen and oxygen atoms in total. The zero-order valence-electron chi connectivity index (χ0n) is 12.9. The van der Waals surface area contributed by atoms with Crippen molar-refractivity contribution in [3.8, 4) is 17.6 Å². The van der Waals surface area contributed by atoms with Crippen molar-refractivity contribution < 1.29 is 31.5 Å². The van der Waals surface area contributed by atoms with Crippen molar-refractivity contribution >= 4 is 34.8 Å². The van der Waals surface area contributed by atoms with Crippen LogP contribution in [-0.4, -0.2) is 5.91 Å². The van der Waals surface area contributed by atoms with Gasteiger partial charge in [-0.05, 0) is 18.2 Å². The quantitative estimate of drug-likeness (QED) is 0.618. The standard InChI is InChI=1S/C16H7Cl2F5N2O2/c17-8-5-12(25-14(26)1-2-24)13(6-9(8)18)27-15-10(19)3-7(4-11(15)20)16(21,22)23/h3-6H,1H2,(H,25,26). The van der Waals surface area contributed by atoms with Crippen LogP contribution in [-0.2, 0) is 11.0 Å². The second kappa shape index (κ2) is 7.98. The van der Waals surface area contributed by atoms with Crippen LogP contribution in [0.1, 0.15) is 12.0 Å². The lowest BCUT2D eigenvalue weighted by molar-refractivity contribution is -0.138. The molecule has 0 bridgehead atoms. The summed E-state index contributed by atoms with van der Waals surface area (Å²) in [5, 5.41) is 10.6. The highest BCUT2D eigenvalue weighted by Gasteiger charge is 2.33. The number of benzene rings is 2. The third-order valence-electron chi connectivity index (χ3n) is 3.07. The number of ether oxygens (including phenoxy) is 1. The van der Waals surface area contributed by atoms with Crippen molar-refractivity contribution in [2.45, 2.75) is 12.6 Å². The van der Waals surface area contributed by atoms with Gasteiger partial charge in [-0.1, -0.05) is 23.2 Å². The second-order valence-electron chi connectivity index (χ2n) is 5.01. The number of amides is 1.